The van der Waals surface area contributed by atoms with Crippen LogP contribution >= 0.6 is 11.3 Å². The number of thiophene rings is 1. The lowest BCUT2D eigenvalue weighted by Crippen LogP contribution is -2.22. The number of nitro benzene ring substituents is 1. The summed E-state index contributed by atoms with van der Waals surface area (Å²) in [5.74, 6) is -1.36. The number of nitrogens with zero attached hydrogens (tertiary/aromatic N) is 1. The molecule has 0 spiro atoms. The third-order valence-corrected chi connectivity index (χ3v) is 3.50. The van der Waals surface area contributed by atoms with Crippen molar-refractivity contribution >= 4 is 22.9 Å². The molecule has 1 aromatic heterocycles. The highest BCUT2D eigenvalue weighted by molar-refractivity contribution is 7.08. The van der Waals surface area contributed by atoms with Gasteiger partial charge in [0.05, 0.1) is 16.1 Å². The molecule has 0 saturated heterocycles. The second-order valence-electron chi connectivity index (χ2n) is 4.08. The molecule has 0 fully saturated rings. The number of hydrogen-bond acceptors (Lipinski definition) is 4. The van der Waals surface area contributed by atoms with Gasteiger partial charge in [-0.05, 0) is 19.1 Å². The van der Waals surface area contributed by atoms with E-state index in [0.29, 0.717) is 17.9 Å². The zero-order valence-corrected chi connectivity index (χ0v) is 11.7. The van der Waals surface area contributed by atoms with Gasteiger partial charge in [-0.15, -0.1) is 11.3 Å². The summed E-state index contributed by atoms with van der Waals surface area (Å²) < 4.78 is 27.3. The summed E-state index contributed by atoms with van der Waals surface area (Å²) in [5, 5.41) is 13.6. The molecule has 1 heterocycles. The summed E-state index contributed by atoms with van der Waals surface area (Å²) in [5.41, 5.74) is -1.10. The zero-order valence-electron chi connectivity index (χ0n) is 10.9. The van der Waals surface area contributed by atoms with Crippen molar-refractivity contribution in [2.75, 3.05) is 6.54 Å². The molecule has 0 unspecified atom stereocenters. The molecular formula is C13H10F2N2O3S. The number of carbonyl (C=O) groups excluding carboxylic acids is 1. The first-order chi connectivity index (χ1) is 9.95. The maximum atomic E-state index is 13.7. The molecule has 0 aliphatic rings. The fourth-order valence-corrected chi connectivity index (χ4v) is 2.50. The lowest BCUT2D eigenvalue weighted by atomic mass is 10.0. The number of benzene rings is 1. The number of carbonyl (C=O) groups is 1. The normalized spacial score (nSPS) is 10.4. The van der Waals surface area contributed by atoms with Crippen LogP contribution in [0.15, 0.2) is 23.6 Å². The molecule has 1 amide bonds. The van der Waals surface area contributed by atoms with Crippen LogP contribution in [-0.4, -0.2) is 17.4 Å². The molecule has 2 aromatic rings. The molecule has 5 nitrogen and oxygen atoms in total. The van der Waals surface area contributed by atoms with E-state index < -0.39 is 33.0 Å². The third-order valence-electron chi connectivity index (χ3n) is 2.76. The minimum atomic E-state index is -0.895. The van der Waals surface area contributed by atoms with Crippen molar-refractivity contribution in [3.63, 3.8) is 0 Å². The van der Waals surface area contributed by atoms with Gasteiger partial charge in [0, 0.05) is 23.6 Å². The van der Waals surface area contributed by atoms with E-state index in [-0.39, 0.29) is 11.1 Å². The van der Waals surface area contributed by atoms with Crippen molar-refractivity contribution < 1.29 is 18.5 Å². The van der Waals surface area contributed by atoms with Crippen molar-refractivity contribution in [2.24, 2.45) is 0 Å². The number of halogens is 2. The van der Waals surface area contributed by atoms with Gasteiger partial charge in [-0.3, -0.25) is 14.9 Å². The first-order valence-electron chi connectivity index (χ1n) is 5.95. The molecule has 1 aromatic carbocycles. The topological polar surface area (TPSA) is 72.2 Å². The summed E-state index contributed by atoms with van der Waals surface area (Å²) in [7, 11) is 0. The Balaban J connectivity index is 2.63. The second-order valence-corrected chi connectivity index (χ2v) is 4.91. The van der Waals surface area contributed by atoms with Crippen LogP contribution in [0.1, 0.15) is 17.3 Å². The summed E-state index contributed by atoms with van der Waals surface area (Å²) in [4.78, 5) is 22.0. The van der Waals surface area contributed by atoms with Crippen LogP contribution in [0.25, 0.3) is 11.1 Å². The van der Waals surface area contributed by atoms with Crippen molar-refractivity contribution in [1.82, 2.24) is 5.32 Å². The predicted molar refractivity (Wildman–Crippen MR) is 74.3 cm³/mol. The fourth-order valence-electron chi connectivity index (χ4n) is 1.85. The van der Waals surface area contributed by atoms with E-state index in [1.165, 1.54) is 6.07 Å². The summed E-state index contributed by atoms with van der Waals surface area (Å²) >= 11 is 0.506. The summed E-state index contributed by atoms with van der Waals surface area (Å²) in [6.45, 7) is 2.08. The first-order valence-corrected chi connectivity index (χ1v) is 6.83. The first kappa shape index (κ1) is 15.0. The van der Waals surface area contributed by atoms with E-state index in [9.17, 15) is 23.7 Å². The molecule has 0 saturated carbocycles. The zero-order chi connectivity index (χ0) is 15.6. The summed E-state index contributed by atoms with van der Waals surface area (Å²) in [6, 6.07) is 3.43. The number of hydrogen-bond donors (Lipinski definition) is 1. The van der Waals surface area contributed by atoms with E-state index >= 15 is 0 Å². The van der Waals surface area contributed by atoms with Crippen LogP contribution < -0.4 is 5.32 Å². The highest BCUT2D eigenvalue weighted by atomic mass is 32.1. The van der Waals surface area contributed by atoms with Crippen LogP contribution in [-0.2, 0) is 0 Å². The highest BCUT2D eigenvalue weighted by Gasteiger charge is 2.24. The van der Waals surface area contributed by atoms with Crippen molar-refractivity contribution in [3.05, 3.63) is 50.2 Å². The SMILES string of the molecule is CCNC(=O)c1ccc([N+](=O)[O-])c(-c2c(F)csc2F)c1. The van der Waals surface area contributed by atoms with Gasteiger partial charge >= 0.3 is 0 Å². The Hall–Kier alpha value is -2.35. The number of nitrogens with one attached hydrogen (secondary N) is 1. The average molecular weight is 312 g/mol. The lowest BCUT2D eigenvalue weighted by Gasteiger charge is -2.06. The van der Waals surface area contributed by atoms with Crippen molar-refractivity contribution in [2.45, 2.75) is 6.92 Å². The predicted octanol–water partition coefficient (Wildman–Crippen LogP) is 3.35. The monoisotopic (exact) mass is 312 g/mol. The third kappa shape index (κ3) is 2.89. The maximum absolute atomic E-state index is 13.7. The largest absolute Gasteiger partial charge is 0.352 e. The Kier molecular flexibility index (Phi) is 4.27. The van der Waals surface area contributed by atoms with Gasteiger partial charge in [0.25, 0.3) is 11.6 Å². The van der Waals surface area contributed by atoms with Gasteiger partial charge in [-0.1, -0.05) is 0 Å². The van der Waals surface area contributed by atoms with Crippen LogP contribution in [0.2, 0.25) is 0 Å². The molecule has 0 aliphatic heterocycles. The van der Waals surface area contributed by atoms with Crippen LogP contribution in [0.3, 0.4) is 0 Å². The molecule has 0 bridgehead atoms. The standard InChI is InChI=1S/C13H10F2N2O3S/c1-2-16-13(18)7-3-4-10(17(19)20)8(5-7)11-9(14)6-21-12(11)15/h3-6H,2H2,1H3,(H,16,18). The van der Waals surface area contributed by atoms with Crippen molar-refractivity contribution in [1.29, 1.82) is 0 Å². The quantitative estimate of drug-likeness (QED) is 0.695. The minimum absolute atomic E-state index is 0.0995. The molecule has 2 rings (SSSR count). The van der Waals surface area contributed by atoms with Gasteiger partial charge in [0.1, 0.15) is 5.82 Å². The molecule has 0 atom stereocenters. The molecule has 110 valence electrons. The molecule has 1 N–H and O–H groups in total. The Morgan fingerprint density at radius 2 is 2.14 bits per heavy atom. The fraction of sp³-hybridized carbons (Fsp3) is 0.154. The van der Waals surface area contributed by atoms with Crippen LogP contribution in [0.5, 0.6) is 0 Å². The summed E-state index contributed by atoms with van der Waals surface area (Å²) in [6.07, 6.45) is 0. The minimum Gasteiger partial charge on any atom is -0.352 e. The lowest BCUT2D eigenvalue weighted by molar-refractivity contribution is -0.384. The van der Waals surface area contributed by atoms with Gasteiger partial charge in [-0.25, -0.2) is 4.39 Å². The van der Waals surface area contributed by atoms with E-state index in [1.54, 1.807) is 6.92 Å². The van der Waals surface area contributed by atoms with Gasteiger partial charge in [0.2, 0.25) is 0 Å². The average Bonchev–Trinajstić information content (AvgIpc) is 2.77. The Bertz CT molecular complexity index is 696. The Morgan fingerprint density at radius 3 is 2.67 bits per heavy atom. The van der Waals surface area contributed by atoms with E-state index in [1.807, 2.05) is 0 Å². The van der Waals surface area contributed by atoms with Gasteiger partial charge in [0.15, 0.2) is 5.13 Å². The molecule has 21 heavy (non-hydrogen) atoms. The molecule has 0 aliphatic carbocycles. The molecule has 8 heteroatoms. The Morgan fingerprint density at radius 1 is 1.43 bits per heavy atom. The van der Waals surface area contributed by atoms with E-state index in [0.717, 1.165) is 17.5 Å². The maximum Gasteiger partial charge on any atom is 0.277 e. The smallest absolute Gasteiger partial charge is 0.277 e. The second kappa shape index (κ2) is 5.96. The number of rotatable bonds is 4. The van der Waals surface area contributed by atoms with E-state index in [2.05, 4.69) is 5.32 Å². The Labute approximate surface area is 122 Å². The molecule has 0 radical (unpaired) electrons. The number of amides is 1. The van der Waals surface area contributed by atoms with Crippen LogP contribution in [0.4, 0.5) is 14.5 Å². The van der Waals surface area contributed by atoms with Crippen LogP contribution in [0, 0.1) is 21.1 Å². The molecular weight excluding hydrogens is 302 g/mol. The van der Waals surface area contributed by atoms with Gasteiger partial charge in [-0.2, -0.15) is 4.39 Å². The van der Waals surface area contributed by atoms with E-state index in [4.69, 9.17) is 0 Å². The number of nitro groups is 1. The van der Waals surface area contributed by atoms with Crippen molar-refractivity contribution in [3.8, 4) is 11.1 Å². The highest BCUT2D eigenvalue weighted by Crippen LogP contribution is 2.36. The van der Waals surface area contributed by atoms with Gasteiger partial charge < -0.3 is 5.32 Å².